The highest BCUT2D eigenvalue weighted by molar-refractivity contribution is 7.99. The minimum absolute atomic E-state index is 0.0140. The van der Waals surface area contributed by atoms with Gasteiger partial charge in [0.05, 0.1) is 22.9 Å². The Labute approximate surface area is 191 Å². The van der Waals surface area contributed by atoms with Gasteiger partial charge < -0.3 is 15.0 Å². The van der Waals surface area contributed by atoms with E-state index in [-0.39, 0.29) is 5.91 Å². The van der Waals surface area contributed by atoms with E-state index in [9.17, 15) is 4.79 Å². The molecule has 6 nitrogen and oxygen atoms in total. The van der Waals surface area contributed by atoms with Crippen molar-refractivity contribution >= 4 is 44.4 Å². The van der Waals surface area contributed by atoms with E-state index in [0.29, 0.717) is 6.54 Å². The second kappa shape index (κ2) is 10.3. The number of nitrogens with zero attached hydrogens (tertiary/aromatic N) is 3. The number of ether oxygens (including phenoxy) is 1. The molecule has 3 aromatic rings. The Morgan fingerprint density at radius 2 is 2.00 bits per heavy atom. The van der Waals surface area contributed by atoms with E-state index in [1.807, 2.05) is 42.5 Å². The number of piperazine rings is 1. The SMILES string of the molecule is CCSc1ccccc1C(=O)NCCN1CCN(c2nc3ccc(OC)cc3s2)CC1. The number of rotatable bonds is 8. The van der Waals surface area contributed by atoms with Crippen molar-refractivity contribution in [3.63, 3.8) is 0 Å². The second-order valence-electron chi connectivity index (χ2n) is 7.34. The van der Waals surface area contributed by atoms with E-state index in [4.69, 9.17) is 9.72 Å². The number of hydrogen-bond donors (Lipinski definition) is 1. The molecule has 0 bridgehead atoms. The number of anilines is 1. The molecular formula is C23H28N4O2S2. The Morgan fingerprint density at radius 3 is 2.77 bits per heavy atom. The summed E-state index contributed by atoms with van der Waals surface area (Å²) < 4.78 is 6.47. The molecule has 0 spiro atoms. The molecule has 0 radical (unpaired) electrons. The number of fused-ring (bicyclic) bond motifs is 1. The normalized spacial score (nSPS) is 14.7. The van der Waals surface area contributed by atoms with Gasteiger partial charge in [0.25, 0.3) is 5.91 Å². The van der Waals surface area contributed by atoms with Crippen LogP contribution >= 0.6 is 23.1 Å². The lowest BCUT2D eigenvalue weighted by Crippen LogP contribution is -2.48. The van der Waals surface area contributed by atoms with Gasteiger partial charge in [-0.15, -0.1) is 11.8 Å². The van der Waals surface area contributed by atoms with Crippen LogP contribution in [0.4, 0.5) is 5.13 Å². The number of carbonyl (C=O) groups excluding carboxylic acids is 1. The van der Waals surface area contributed by atoms with Crippen LogP contribution in [0.25, 0.3) is 10.2 Å². The summed E-state index contributed by atoms with van der Waals surface area (Å²) in [5.74, 6) is 1.84. The third kappa shape index (κ3) is 5.31. The largest absolute Gasteiger partial charge is 0.497 e. The second-order valence-corrected chi connectivity index (χ2v) is 9.66. The fourth-order valence-electron chi connectivity index (χ4n) is 3.68. The fraction of sp³-hybridized carbons (Fsp3) is 0.391. The van der Waals surface area contributed by atoms with Gasteiger partial charge in [-0.3, -0.25) is 9.69 Å². The Balaban J connectivity index is 1.26. The first-order valence-electron chi connectivity index (χ1n) is 10.6. The quantitative estimate of drug-likeness (QED) is 0.518. The van der Waals surface area contributed by atoms with Crippen LogP contribution in [0.5, 0.6) is 5.75 Å². The third-order valence-corrected chi connectivity index (χ3v) is 7.41. The van der Waals surface area contributed by atoms with Crippen molar-refractivity contribution in [2.45, 2.75) is 11.8 Å². The molecule has 1 fully saturated rings. The van der Waals surface area contributed by atoms with Gasteiger partial charge in [0.2, 0.25) is 0 Å². The molecule has 8 heteroatoms. The molecule has 0 aliphatic carbocycles. The van der Waals surface area contributed by atoms with Crippen LogP contribution in [0.15, 0.2) is 47.4 Å². The summed E-state index contributed by atoms with van der Waals surface area (Å²) in [5, 5.41) is 4.16. The van der Waals surface area contributed by atoms with Crippen molar-refractivity contribution in [1.82, 2.24) is 15.2 Å². The number of benzene rings is 2. The molecule has 4 rings (SSSR count). The molecule has 2 aromatic carbocycles. The number of amides is 1. The van der Waals surface area contributed by atoms with Crippen LogP contribution in [0.1, 0.15) is 17.3 Å². The van der Waals surface area contributed by atoms with E-state index in [1.54, 1.807) is 30.2 Å². The highest BCUT2D eigenvalue weighted by Gasteiger charge is 2.20. The van der Waals surface area contributed by atoms with Crippen LogP contribution in [-0.2, 0) is 0 Å². The average Bonchev–Trinajstić information content (AvgIpc) is 3.23. The van der Waals surface area contributed by atoms with Crippen molar-refractivity contribution in [3.8, 4) is 5.75 Å². The monoisotopic (exact) mass is 456 g/mol. The molecule has 164 valence electrons. The van der Waals surface area contributed by atoms with Gasteiger partial charge in [0.1, 0.15) is 5.75 Å². The summed E-state index contributed by atoms with van der Waals surface area (Å²) in [5.41, 5.74) is 1.79. The highest BCUT2D eigenvalue weighted by atomic mass is 32.2. The maximum Gasteiger partial charge on any atom is 0.252 e. The van der Waals surface area contributed by atoms with E-state index in [2.05, 4.69) is 22.0 Å². The molecule has 1 aliphatic rings. The van der Waals surface area contributed by atoms with Gasteiger partial charge in [0.15, 0.2) is 5.13 Å². The smallest absolute Gasteiger partial charge is 0.252 e. The van der Waals surface area contributed by atoms with E-state index >= 15 is 0 Å². The van der Waals surface area contributed by atoms with Crippen molar-refractivity contribution in [2.75, 3.05) is 57.0 Å². The standard InChI is InChI=1S/C23H28N4O2S2/c1-3-30-20-7-5-4-6-18(20)22(28)24-10-11-26-12-14-27(15-13-26)23-25-19-9-8-17(29-2)16-21(19)31-23/h4-9,16H,3,10-15H2,1-2H3,(H,24,28). The number of carbonyl (C=O) groups is 1. The first-order valence-corrected chi connectivity index (χ1v) is 12.4. The predicted molar refractivity (Wildman–Crippen MR) is 130 cm³/mol. The number of thiazole rings is 1. The van der Waals surface area contributed by atoms with Gasteiger partial charge in [-0.05, 0) is 36.1 Å². The van der Waals surface area contributed by atoms with Gasteiger partial charge in [-0.25, -0.2) is 4.98 Å². The Bertz CT molecular complexity index is 1030. The lowest BCUT2D eigenvalue weighted by atomic mass is 10.2. The molecule has 2 heterocycles. The summed E-state index contributed by atoms with van der Waals surface area (Å²) >= 11 is 3.42. The summed E-state index contributed by atoms with van der Waals surface area (Å²) in [6.45, 7) is 7.45. The van der Waals surface area contributed by atoms with E-state index in [0.717, 1.165) is 70.0 Å². The molecule has 0 unspecified atom stereocenters. The van der Waals surface area contributed by atoms with Gasteiger partial charge in [0, 0.05) is 44.2 Å². The van der Waals surface area contributed by atoms with E-state index < -0.39 is 0 Å². The molecular weight excluding hydrogens is 428 g/mol. The maximum absolute atomic E-state index is 12.6. The lowest BCUT2D eigenvalue weighted by molar-refractivity contribution is 0.0945. The summed E-state index contributed by atoms with van der Waals surface area (Å²) in [7, 11) is 1.69. The van der Waals surface area contributed by atoms with Crippen LogP contribution < -0.4 is 15.0 Å². The first-order chi connectivity index (χ1) is 15.2. The third-order valence-electron chi connectivity index (χ3n) is 5.37. The number of thioether (sulfide) groups is 1. The summed E-state index contributed by atoms with van der Waals surface area (Å²) in [6, 6.07) is 13.8. The van der Waals surface area contributed by atoms with Crippen molar-refractivity contribution in [2.24, 2.45) is 0 Å². The highest BCUT2D eigenvalue weighted by Crippen LogP contribution is 2.31. The Kier molecular flexibility index (Phi) is 7.32. The maximum atomic E-state index is 12.6. The molecule has 1 N–H and O–H groups in total. The Morgan fingerprint density at radius 1 is 1.19 bits per heavy atom. The molecule has 1 aliphatic heterocycles. The summed E-state index contributed by atoms with van der Waals surface area (Å²) in [4.78, 5) is 23.2. The van der Waals surface area contributed by atoms with Gasteiger partial charge in [-0.1, -0.05) is 30.4 Å². The number of methoxy groups -OCH3 is 1. The van der Waals surface area contributed by atoms with Crippen molar-refractivity contribution < 1.29 is 9.53 Å². The zero-order valence-corrected chi connectivity index (χ0v) is 19.6. The van der Waals surface area contributed by atoms with E-state index in [1.165, 1.54) is 0 Å². The molecule has 31 heavy (non-hydrogen) atoms. The molecule has 1 amide bonds. The number of hydrogen-bond acceptors (Lipinski definition) is 7. The lowest BCUT2D eigenvalue weighted by Gasteiger charge is -2.34. The average molecular weight is 457 g/mol. The van der Waals surface area contributed by atoms with Crippen LogP contribution in [-0.4, -0.2) is 67.9 Å². The zero-order valence-electron chi connectivity index (χ0n) is 18.0. The van der Waals surface area contributed by atoms with Gasteiger partial charge in [-0.2, -0.15) is 0 Å². The number of nitrogens with one attached hydrogen (secondary N) is 1. The molecule has 0 saturated carbocycles. The topological polar surface area (TPSA) is 57.7 Å². The minimum Gasteiger partial charge on any atom is -0.497 e. The van der Waals surface area contributed by atoms with Crippen LogP contribution in [0.3, 0.4) is 0 Å². The van der Waals surface area contributed by atoms with Crippen LogP contribution in [0, 0.1) is 0 Å². The Hall–Kier alpha value is -2.29. The first kappa shape index (κ1) is 21.9. The minimum atomic E-state index is 0.0140. The van der Waals surface area contributed by atoms with Crippen LogP contribution in [0.2, 0.25) is 0 Å². The molecule has 1 saturated heterocycles. The zero-order chi connectivity index (χ0) is 21.6. The predicted octanol–water partition coefficient (Wildman–Crippen LogP) is 3.97. The van der Waals surface area contributed by atoms with Crippen molar-refractivity contribution in [1.29, 1.82) is 0 Å². The number of aromatic nitrogens is 1. The van der Waals surface area contributed by atoms with Gasteiger partial charge >= 0.3 is 0 Å². The van der Waals surface area contributed by atoms with Crippen molar-refractivity contribution in [3.05, 3.63) is 48.0 Å². The molecule has 0 atom stereocenters. The molecule has 1 aromatic heterocycles. The fourth-order valence-corrected chi connectivity index (χ4v) is 5.52. The summed E-state index contributed by atoms with van der Waals surface area (Å²) in [6.07, 6.45) is 0.